The number of amides is 1. The van der Waals surface area contributed by atoms with Crippen LogP contribution in [-0.4, -0.2) is 66.3 Å². The standard InChI is InChI=1S/C18H30N5O8P/c1-11(2)6-13(19)16(24)21-14(17(25)28-3)9-31-32(27)10-29-12(8-30-32)7-23-5-4-15(20)22-18(23)26/h4-5,11-14H,6-10,19H2,1-3H3,(H,21,24)(H2,20,22,26)/t12-,13?,14?,32?/m0/s1. The first kappa shape index (κ1) is 25.9. The zero-order valence-corrected chi connectivity index (χ0v) is 19.2. The molecule has 3 unspecified atom stereocenters. The van der Waals surface area contributed by atoms with Crippen molar-refractivity contribution in [2.24, 2.45) is 11.7 Å². The Balaban J connectivity index is 1.90. The molecule has 0 radical (unpaired) electrons. The average molecular weight is 475 g/mol. The summed E-state index contributed by atoms with van der Waals surface area (Å²) >= 11 is 0. The van der Waals surface area contributed by atoms with Crippen molar-refractivity contribution in [2.75, 3.05) is 32.4 Å². The lowest BCUT2D eigenvalue weighted by Crippen LogP contribution is -2.51. The normalized spacial score (nSPS) is 22.8. The van der Waals surface area contributed by atoms with E-state index in [-0.39, 0.29) is 24.9 Å². The molecule has 1 aliphatic heterocycles. The molecule has 2 rings (SSSR count). The summed E-state index contributed by atoms with van der Waals surface area (Å²) in [6, 6.07) is -0.579. The van der Waals surface area contributed by atoms with E-state index in [9.17, 15) is 18.9 Å². The Labute approximate surface area is 185 Å². The van der Waals surface area contributed by atoms with Gasteiger partial charge in [-0.1, -0.05) is 13.8 Å². The van der Waals surface area contributed by atoms with Gasteiger partial charge in [-0.05, 0) is 18.4 Å². The highest BCUT2D eigenvalue weighted by atomic mass is 31.2. The maximum Gasteiger partial charge on any atom is 0.356 e. The molecular weight excluding hydrogens is 445 g/mol. The van der Waals surface area contributed by atoms with Crippen LogP contribution in [0.25, 0.3) is 0 Å². The average Bonchev–Trinajstić information content (AvgIpc) is 2.73. The lowest BCUT2D eigenvalue weighted by atomic mass is 10.0. The van der Waals surface area contributed by atoms with Gasteiger partial charge in [-0.15, -0.1) is 0 Å². The summed E-state index contributed by atoms with van der Waals surface area (Å²) in [6.07, 6.45) is 0.911. The van der Waals surface area contributed by atoms with E-state index in [1.165, 1.54) is 16.8 Å². The molecule has 0 bridgehead atoms. The molecule has 13 nitrogen and oxygen atoms in total. The summed E-state index contributed by atoms with van der Waals surface area (Å²) in [5.41, 5.74) is 10.7. The number of hydrogen-bond acceptors (Lipinski definition) is 11. The van der Waals surface area contributed by atoms with Crippen LogP contribution >= 0.6 is 7.60 Å². The van der Waals surface area contributed by atoms with E-state index in [4.69, 9.17) is 25.3 Å². The molecular formula is C18H30N5O8P. The number of nitrogens with zero attached hydrogens (tertiary/aromatic N) is 2. The Hall–Kier alpha value is -2.31. The summed E-state index contributed by atoms with van der Waals surface area (Å²) in [7, 11) is -2.56. The molecule has 14 heteroatoms. The second-order valence-corrected chi connectivity index (χ2v) is 9.72. The van der Waals surface area contributed by atoms with Crippen LogP contribution in [0.3, 0.4) is 0 Å². The largest absolute Gasteiger partial charge is 0.467 e. The van der Waals surface area contributed by atoms with Crippen molar-refractivity contribution in [1.29, 1.82) is 0 Å². The monoisotopic (exact) mass is 475 g/mol. The fourth-order valence-electron chi connectivity index (χ4n) is 2.85. The minimum atomic E-state index is -3.70. The van der Waals surface area contributed by atoms with Crippen LogP contribution in [0.5, 0.6) is 0 Å². The molecule has 1 aromatic rings. The molecule has 0 spiro atoms. The van der Waals surface area contributed by atoms with Gasteiger partial charge in [0.05, 0.1) is 32.9 Å². The molecule has 1 amide bonds. The van der Waals surface area contributed by atoms with E-state index >= 15 is 0 Å². The van der Waals surface area contributed by atoms with E-state index in [0.717, 1.165) is 7.11 Å². The number of nitrogens with one attached hydrogen (secondary N) is 1. The van der Waals surface area contributed by atoms with Crippen molar-refractivity contribution in [2.45, 2.75) is 45.0 Å². The third-order valence-electron chi connectivity index (χ3n) is 4.52. The predicted molar refractivity (Wildman–Crippen MR) is 114 cm³/mol. The molecule has 2 heterocycles. The Bertz CT molecular complexity index is 896. The van der Waals surface area contributed by atoms with Crippen molar-refractivity contribution < 1.29 is 32.7 Å². The maximum absolute atomic E-state index is 12.8. The minimum Gasteiger partial charge on any atom is -0.467 e. The number of anilines is 1. The quantitative estimate of drug-likeness (QED) is 0.291. The molecule has 0 aliphatic carbocycles. The Morgan fingerprint density at radius 1 is 1.44 bits per heavy atom. The van der Waals surface area contributed by atoms with Gasteiger partial charge >= 0.3 is 19.3 Å². The highest BCUT2D eigenvalue weighted by Crippen LogP contribution is 2.51. The molecule has 4 atom stereocenters. The van der Waals surface area contributed by atoms with Crippen molar-refractivity contribution >= 4 is 25.3 Å². The first-order valence-corrected chi connectivity index (χ1v) is 11.7. The molecule has 0 aromatic carbocycles. The number of rotatable bonds is 10. The number of carbonyl (C=O) groups excluding carboxylic acids is 2. The molecule has 1 saturated heterocycles. The number of ether oxygens (including phenoxy) is 2. The molecule has 1 aromatic heterocycles. The Kier molecular flexibility index (Phi) is 9.34. The summed E-state index contributed by atoms with van der Waals surface area (Å²) in [4.78, 5) is 39.7. The van der Waals surface area contributed by atoms with Crippen molar-refractivity contribution in [3.63, 3.8) is 0 Å². The molecule has 0 saturated carbocycles. The number of aromatic nitrogens is 2. The molecule has 5 N–H and O–H groups in total. The lowest BCUT2D eigenvalue weighted by Gasteiger charge is -2.30. The highest BCUT2D eigenvalue weighted by Gasteiger charge is 2.36. The topological polar surface area (TPSA) is 187 Å². The van der Waals surface area contributed by atoms with Crippen molar-refractivity contribution in [3.05, 3.63) is 22.7 Å². The third-order valence-corrected chi connectivity index (χ3v) is 6.07. The zero-order chi connectivity index (χ0) is 23.9. The van der Waals surface area contributed by atoms with Gasteiger partial charge in [-0.3, -0.25) is 13.9 Å². The minimum absolute atomic E-state index is 0.0994. The molecule has 1 aliphatic rings. The number of nitrogens with two attached hydrogens (primary N) is 2. The Morgan fingerprint density at radius 3 is 2.72 bits per heavy atom. The van der Waals surface area contributed by atoms with Crippen LogP contribution in [0.2, 0.25) is 0 Å². The van der Waals surface area contributed by atoms with Crippen LogP contribution in [0.1, 0.15) is 20.3 Å². The van der Waals surface area contributed by atoms with Gasteiger partial charge in [0, 0.05) is 6.20 Å². The lowest BCUT2D eigenvalue weighted by molar-refractivity contribution is -0.146. The van der Waals surface area contributed by atoms with Crippen molar-refractivity contribution in [1.82, 2.24) is 14.9 Å². The molecule has 32 heavy (non-hydrogen) atoms. The number of hydrogen-bond donors (Lipinski definition) is 3. The highest BCUT2D eigenvalue weighted by molar-refractivity contribution is 7.53. The van der Waals surface area contributed by atoms with Gasteiger partial charge in [-0.2, -0.15) is 4.98 Å². The van der Waals surface area contributed by atoms with Gasteiger partial charge in [0.2, 0.25) is 5.91 Å². The number of methoxy groups -OCH3 is 1. The fourth-order valence-corrected chi connectivity index (χ4v) is 4.24. The predicted octanol–water partition coefficient (Wildman–Crippen LogP) is -0.561. The van der Waals surface area contributed by atoms with E-state index in [0.29, 0.717) is 6.42 Å². The SMILES string of the molecule is COC(=O)C(COP1(=O)CO[C@@H](Cn2ccc(N)nc2=O)CO1)NC(=O)C(N)CC(C)C. The van der Waals surface area contributed by atoms with E-state index in [1.807, 2.05) is 13.8 Å². The second kappa shape index (κ2) is 11.5. The first-order valence-electron chi connectivity index (χ1n) is 9.99. The fraction of sp³-hybridized carbons (Fsp3) is 0.667. The van der Waals surface area contributed by atoms with Gasteiger partial charge in [0.1, 0.15) is 18.3 Å². The molecule has 1 fully saturated rings. The maximum atomic E-state index is 12.8. The summed E-state index contributed by atoms with van der Waals surface area (Å²) in [5.74, 6) is -1.06. The van der Waals surface area contributed by atoms with Crippen LogP contribution in [0.15, 0.2) is 17.1 Å². The van der Waals surface area contributed by atoms with Crippen LogP contribution in [-0.2, 0) is 39.2 Å². The smallest absolute Gasteiger partial charge is 0.356 e. The summed E-state index contributed by atoms with van der Waals surface area (Å²) in [5, 5.41) is 2.45. The van der Waals surface area contributed by atoms with Gasteiger partial charge in [0.25, 0.3) is 0 Å². The second-order valence-electron chi connectivity index (χ2n) is 7.73. The van der Waals surface area contributed by atoms with E-state index < -0.39 is 56.3 Å². The number of nitrogen functional groups attached to an aromatic ring is 1. The van der Waals surface area contributed by atoms with E-state index in [1.54, 1.807) is 0 Å². The number of esters is 1. The van der Waals surface area contributed by atoms with E-state index in [2.05, 4.69) is 15.0 Å². The first-order chi connectivity index (χ1) is 15.0. The summed E-state index contributed by atoms with van der Waals surface area (Å²) < 4.78 is 34.9. The van der Waals surface area contributed by atoms with Gasteiger partial charge in [0.15, 0.2) is 6.04 Å². The van der Waals surface area contributed by atoms with Crippen LogP contribution < -0.4 is 22.5 Å². The third kappa shape index (κ3) is 7.68. The zero-order valence-electron chi connectivity index (χ0n) is 18.3. The Morgan fingerprint density at radius 2 is 2.16 bits per heavy atom. The van der Waals surface area contributed by atoms with Crippen LogP contribution in [0.4, 0.5) is 5.82 Å². The van der Waals surface area contributed by atoms with Crippen LogP contribution in [0, 0.1) is 5.92 Å². The summed E-state index contributed by atoms with van der Waals surface area (Å²) in [6.45, 7) is 3.35. The van der Waals surface area contributed by atoms with Crippen molar-refractivity contribution in [3.8, 4) is 0 Å². The van der Waals surface area contributed by atoms with Gasteiger partial charge in [-0.25, -0.2) is 9.59 Å². The molecule has 180 valence electrons. The number of carbonyl (C=O) groups is 2. The van der Waals surface area contributed by atoms with Gasteiger partial charge < -0.3 is 35.3 Å².